The molecule has 15 heavy (non-hydrogen) atoms. The highest BCUT2D eigenvalue weighted by atomic mass is 14.0. The van der Waals surface area contributed by atoms with Crippen molar-refractivity contribution in [3.63, 3.8) is 0 Å². The molecule has 0 spiro atoms. The number of hydrogen-bond donors (Lipinski definition) is 0. The van der Waals surface area contributed by atoms with Crippen molar-refractivity contribution in [2.45, 2.75) is 33.6 Å². The van der Waals surface area contributed by atoms with E-state index in [4.69, 9.17) is 0 Å². The van der Waals surface area contributed by atoms with Gasteiger partial charge in [-0.25, -0.2) is 0 Å². The Hall–Kier alpha value is -1.30. The lowest BCUT2D eigenvalue weighted by Crippen LogP contribution is -1.91. The molecule has 1 aromatic carbocycles. The maximum Gasteiger partial charge on any atom is -0.0228 e. The molecule has 0 radical (unpaired) electrons. The summed E-state index contributed by atoms with van der Waals surface area (Å²) in [4.78, 5) is 0. The summed E-state index contributed by atoms with van der Waals surface area (Å²) in [5.74, 6) is 0. The Morgan fingerprint density at radius 2 is 2.13 bits per heavy atom. The van der Waals surface area contributed by atoms with Crippen LogP contribution in [0.4, 0.5) is 0 Å². The SMILES string of the molecule is C=Cc1cc(C)ccc1CC/C(C)=C\C. The van der Waals surface area contributed by atoms with Crippen molar-refractivity contribution < 1.29 is 0 Å². The molecule has 0 unspecified atom stereocenters. The largest absolute Gasteiger partial charge is 0.0985 e. The average Bonchev–Trinajstić information content (AvgIpc) is 2.26. The predicted molar refractivity (Wildman–Crippen MR) is 69.0 cm³/mol. The van der Waals surface area contributed by atoms with Crippen LogP contribution in [0.5, 0.6) is 0 Å². The molecule has 0 nitrogen and oxygen atoms in total. The zero-order valence-corrected chi connectivity index (χ0v) is 10.0. The number of benzene rings is 1. The van der Waals surface area contributed by atoms with Crippen LogP contribution in [0.25, 0.3) is 6.08 Å². The molecular weight excluding hydrogens is 180 g/mol. The van der Waals surface area contributed by atoms with E-state index in [1.54, 1.807) is 0 Å². The van der Waals surface area contributed by atoms with Crippen LogP contribution >= 0.6 is 0 Å². The van der Waals surface area contributed by atoms with Gasteiger partial charge >= 0.3 is 0 Å². The molecule has 0 fully saturated rings. The normalized spacial score (nSPS) is 11.5. The van der Waals surface area contributed by atoms with Gasteiger partial charge in [0.2, 0.25) is 0 Å². The van der Waals surface area contributed by atoms with Gasteiger partial charge in [0, 0.05) is 0 Å². The zero-order valence-electron chi connectivity index (χ0n) is 10.0. The van der Waals surface area contributed by atoms with Crippen molar-refractivity contribution in [2.24, 2.45) is 0 Å². The van der Waals surface area contributed by atoms with E-state index in [0.29, 0.717) is 0 Å². The molecule has 0 N–H and O–H groups in total. The molecule has 0 bridgehead atoms. The second-order valence-electron chi connectivity index (χ2n) is 4.04. The standard InChI is InChI=1S/C15H20/c1-5-12(3)7-9-15-10-8-13(4)11-14(15)6-2/h5-6,8,10-11H,2,7,9H2,1,3-4H3/b12-5-. The van der Waals surface area contributed by atoms with Crippen LogP contribution in [0, 0.1) is 6.92 Å². The first-order valence-corrected chi connectivity index (χ1v) is 5.51. The molecule has 0 heterocycles. The van der Waals surface area contributed by atoms with Gasteiger partial charge in [-0.2, -0.15) is 0 Å². The monoisotopic (exact) mass is 200 g/mol. The number of rotatable bonds is 4. The number of hydrogen-bond acceptors (Lipinski definition) is 0. The summed E-state index contributed by atoms with van der Waals surface area (Å²) in [5.41, 5.74) is 5.43. The topological polar surface area (TPSA) is 0 Å². The average molecular weight is 200 g/mol. The molecule has 1 rings (SSSR count). The van der Waals surface area contributed by atoms with Gasteiger partial charge in [-0.15, -0.1) is 0 Å². The third kappa shape index (κ3) is 3.39. The lowest BCUT2D eigenvalue weighted by molar-refractivity contribution is 0.935. The Morgan fingerprint density at radius 3 is 2.73 bits per heavy atom. The fourth-order valence-electron chi connectivity index (χ4n) is 1.61. The minimum absolute atomic E-state index is 1.11. The molecular formula is C15H20. The van der Waals surface area contributed by atoms with Gasteiger partial charge in [0.05, 0.1) is 0 Å². The lowest BCUT2D eigenvalue weighted by Gasteiger charge is -2.07. The molecule has 0 saturated carbocycles. The third-order valence-electron chi connectivity index (χ3n) is 2.80. The summed E-state index contributed by atoms with van der Waals surface area (Å²) < 4.78 is 0. The number of aryl methyl sites for hydroxylation is 2. The van der Waals surface area contributed by atoms with Crippen LogP contribution in [-0.2, 0) is 6.42 Å². The molecule has 0 aliphatic carbocycles. The van der Waals surface area contributed by atoms with Crippen molar-refractivity contribution in [2.75, 3.05) is 0 Å². The molecule has 0 aliphatic heterocycles. The van der Waals surface area contributed by atoms with Crippen molar-refractivity contribution in [3.05, 3.63) is 53.1 Å². The maximum absolute atomic E-state index is 3.87. The van der Waals surface area contributed by atoms with Gasteiger partial charge in [-0.05, 0) is 44.7 Å². The molecule has 1 aromatic rings. The summed E-state index contributed by atoms with van der Waals surface area (Å²) in [7, 11) is 0. The van der Waals surface area contributed by atoms with Gasteiger partial charge < -0.3 is 0 Å². The maximum atomic E-state index is 3.87. The first-order chi connectivity index (χ1) is 7.17. The van der Waals surface area contributed by atoms with E-state index in [1.165, 1.54) is 22.3 Å². The van der Waals surface area contributed by atoms with Gasteiger partial charge in [-0.3, -0.25) is 0 Å². The fourth-order valence-corrected chi connectivity index (χ4v) is 1.61. The van der Waals surface area contributed by atoms with Crippen LogP contribution in [0.2, 0.25) is 0 Å². The minimum atomic E-state index is 1.11. The highest BCUT2D eigenvalue weighted by Gasteiger charge is 2.00. The predicted octanol–water partition coefficient (Wildman–Crippen LogP) is 4.54. The van der Waals surface area contributed by atoms with Gasteiger partial charge in [0.25, 0.3) is 0 Å². The van der Waals surface area contributed by atoms with E-state index in [-0.39, 0.29) is 0 Å². The molecule has 0 heteroatoms. The highest BCUT2D eigenvalue weighted by Crippen LogP contribution is 2.16. The van der Waals surface area contributed by atoms with Crippen LogP contribution in [0.15, 0.2) is 36.4 Å². The smallest absolute Gasteiger partial charge is 0.0228 e. The van der Waals surface area contributed by atoms with Gasteiger partial charge in [-0.1, -0.05) is 48.1 Å². The second kappa shape index (κ2) is 5.55. The molecule has 0 atom stereocenters. The van der Waals surface area contributed by atoms with Crippen molar-refractivity contribution >= 4 is 6.08 Å². The molecule has 0 aromatic heterocycles. The second-order valence-corrected chi connectivity index (χ2v) is 4.04. The quantitative estimate of drug-likeness (QED) is 0.626. The van der Waals surface area contributed by atoms with Gasteiger partial charge in [0.15, 0.2) is 0 Å². The lowest BCUT2D eigenvalue weighted by atomic mass is 9.98. The molecule has 80 valence electrons. The van der Waals surface area contributed by atoms with Crippen LogP contribution < -0.4 is 0 Å². The third-order valence-corrected chi connectivity index (χ3v) is 2.80. The van der Waals surface area contributed by atoms with Crippen molar-refractivity contribution in [3.8, 4) is 0 Å². The Balaban J connectivity index is 2.80. The molecule has 0 amide bonds. The Kier molecular flexibility index (Phi) is 4.36. The molecule has 0 aliphatic rings. The first-order valence-electron chi connectivity index (χ1n) is 5.51. The van der Waals surface area contributed by atoms with E-state index in [2.05, 4.69) is 51.6 Å². The van der Waals surface area contributed by atoms with E-state index in [0.717, 1.165) is 12.8 Å². The summed E-state index contributed by atoms with van der Waals surface area (Å²) in [5, 5.41) is 0. The zero-order chi connectivity index (χ0) is 11.3. The van der Waals surface area contributed by atoms with E-state index in [1.807, 2.05) is 6.08 Å². The van der Waals surface area contributed by atoms with Crippen LogP contribution in [0.1, 0.15) is 37.0 Å². The van der Waals surface area contributed by atoms with E-state index < -0.39 is 0 Å². The van der Waals surface area contributed by atoms with Crippen molar-refractivity contribution in [1.82, 2.24) is 0 Å². The van der Waals surface area contributed by atoms with E-state index in [9.17, 15) is 0 Å². The van der Waals surface area contributed by atoms with Gasteiger partial charge in [0.1, 0.15) is 0 Å². The Labute approximate surface area is 93.3 Å². The minimum Gasteiger partial charge on any atom is -0.0985 e. The van der Waals surface area contributed by atoms with E-state index >= 15 is 0 Å². The van der Waals surface area contributed by atoms with Crippen LogP contribution in [-0.4, -0.2) is 0 Å². The molecule has 0 saturated heterocycles. The summed E-state index contributed by atoms with van der Waals surface area (Å²) >= 11 is 0. The first kappa shape index (κ1) is 11.8. The van der Waals surface area contributed by atoms with Crippen molar-refractivity contribution in [1.29, 1.82) is 0 Å². The Morgan fingerprint density at radius 1 is 1.40 bits per heavy atom. The summed E-state index contributed by atoms with van der Waals surface area (Å²) in [6.07, 6.45) is 6.38. The summed E-state index contributed by atoms with van der Waals surface area (Å²) in [6.45, 7) is 10.3. The highest BCUT2D eigenvalue weighted by molar-refractivity contribution is 5.53. The Bertz CT molecular complexity index is 370. The summed E-state index contributed by atoms with van der Waals surface area (Å²) in [6, 6.07) is 6.59. The van der Waals surface area contributed by atoms with Crippen LogP contribution in [0.3, 0.4) is 0 Å². The number of allylic oxidation sites excluding steroid dienone is 2. The fraction of sp³-hybridized carbons (Fsp3) is 0.333.